The highest BCUT2D eigenvalue weighted by Crippen LogP contribution is 2.55. The van der Waals surface area contributed by atoms with E-state index in [2.05, 4.69) is 249 Å². The molecule has 380 valence electrons. The van der Waals surface area contributed by atoms with Crippen LogP contribution in [0.4, 0.5) is 28.4 Å². The van der Waals surface area contributed by atoms with Crippen LogP contribution in [0.2, 0.25) is 0 Å². The van der Waals surface area contributed by atoms with E-state index in [1.807, 2.05) is 69.4 Å². The third kappa shape index (κ3) is 9.21. The fourth-order valence-electron chi connectivity index (χ4n) is 11.6. The van der Waals surface area contributed by atoms with E-state index in [1.54, 1.807) is 6.08 Å². The molecule has 0 spiro atoms. The van der Waals surface area contributed by atoms with Crippen molar-refractivity contribution in [2.75, 3.05) is 9.80 Å². The summed E-state index contributed by atoms with van der Waals surface area (Å²) in [6.07, 6.45) is 17.5. The molecule has 10 aromatic rings. The first kappa shape index (κ1) is 51.4. The van der Waals surface area contributed by atoms with Crippen LogP contribution in [0.5, 0.6) is 0 Å². The smallest absolute Gasteiger partial charge is 0.0542 e. The summed E-state index contributed by atoms with van der Waals surface area (Å²) in [4.78, 5) is 8.47. The molecule has 2 aromatic heterocycles. The maximum absolute atomic E-state index is 4.39. The van der Waals surface area contributed by atoms with Gasteiger partial charge in [0.1, 0.15) is 0 Å². The van der Waals surface area contributed by atoms with Gasteiger partial charge in [-0.15, -0.1) is 0 Å². The Labute approximate surface area is 455 Å². The molecule has 0 fully saturated rings. The number of allylic oxidation sites excluding steroid dienone is 11. The number of aromatic amines is 1. The lowest BCUT2D eigenvalue weighted by molar-refractivity contribution is 0.621. The van der Waals surface area contributed by atoms with E-state index in [0.717, 1.165) is 50.6 Å². The third-order valence-corrected chi connectivity index (χ3v) is 15.2. The van der Waals surface area contributed by atoms with Gasteiger partial charge in [-0.1, -0.05) is 193 Å². The van der Waals surface area contributed by atoms with E-state index >= 15 is 0 Å². The van der Waals surface area contributed by atoms with Gasteiger partial charge in [-0.05, 0) is 151 Å². The van der Waals surface area contributed by atoms with Gasteiger partial charge in [0.15, 0.2) is 0 Å². The quantitative estimate of drug-likeness (QED) is 0.146. The molecule has 2 aliphatic heterocycles. The van der Waals surface area contributed by atoms with Crippen molar-refractivity contribution in [1.29, 1.82) is 0 Å². The third-order valence-electron chi connectivity index (χ3n) is 15.2. The van der Waals surface area contributed by atoms with E-state index in [4.69, 9.17) is 0 Å². The van der Waals surface area contributed by atoms with Gasteiger partial charge >= 0.3 is 0 Å². The van der Waals surface area contributed by atoms with E-state index < -0.39 is 0 Å². The molecular weight excluding hydrogens is 933 g/mol. The Morgan fingerprint density at radius 2 is 1.05 bits per heavy atom. The summed E-state index contributed by atoms with van der Waals surface area (Å²) in [6, 6.07) is 64.7. The molecule has 0 bridgehead atoms. The number of anilines is 5. The predicted molar refractivity (Wildman–Crippen MR) is 335 cm³/mol. The number of fused-ring (bicyclic) bond motifs is 9. The molecule has 0 radical (unpaired) electrons. The molecule has 4 nitrogen and oxygen atoms in total. The summed E-state index contributed by atoms with van der Waals surface area (Å²) in [5.74, 6) is 0. The van der Waals surface area contributed by atoms with Gasteiger partial charge < -0.3 is 19.4 Å². The molecule has 0 unspecified atom stereocenters. The molecule has 4 heteroatoms. The summed E-state index contributed by atoms with van der Waals surface area (Å²) in [5, 5.41) is 4.89. The van der Waals surface area contributed by atoms with Crippen LogP contribution < -0.4 is 9.80 Å². The molecule has 1 N–H and O–H groups in total. The van der Waals surface area contributed by atoms with Gasteiger partial charge in [0.05, 0.1) is 28.1 Å². The van der Waals surface area contributed by atoms with Crippen molar-refractivity contribution >= 4 is 72.0 Å². The van der Waals surface area contributed by atoms with Gasteiger partial charge in [-0.3, -0.25) is 0 Å². The van der Waals surface area contributed by atoms with Crippen molar-refractivity contribution < 1.29 is 0 Å². The number of rotatable bonds is 9. The second-order valence-electron chi connectivity index (χ2n) is 20.9. The van der Waals surface area contributed by atoms with Crippen molar-refractivity contribution in [3.63, 3.8) is 0 Å². The van der Waals surface area contributed by atoms with Crippen LogP contribution in [0.25, 0.3) is 60.4 Å². The van der Waals surface area contributed by atoms with Crippen molar-refractivity contribution in [2.45, 2.75) is 59.3 Å². The molecule has 0 aliphatic carbocycles. The summed E-state index contributed by atoms with van der Waals surface area (Å²) in [7, 11) is 0. The average molecular weight is 1000 g/mol. The highest BCUT2D eigenvalue weighted by Gasteiger charge is 2.39. The monoisotopic (exact) mass is 1000 g/mol. The van der Waals surface area contributed by atoms with Crippen LogP contribution in [-0.4, -0.2) is 9.55 Å². The number of nitrogens with one attached hydrogen (secondary N) is 1. The zero-order chi connectivity index (χ0) is 54.0. The Bertz CT molecular complexity index is 4050. The van der Waals surface area contributed by atoms with Crippen LogP contribution >= 0.6 is 0 Å². The molecule has 12 rings (SSSR count). The Morgan fingerprint density at radius 1 is 0.468 bits per heavy atom. The second-order valence-corrected chi connectivity index (χ2v) is 20.9. The lowest BCUT2D eigenvalue weighted by Gasteiger charge is -2.43. The van der Waals surface area contributed by atoms with Crippen molar-refractivity contribution in [3.05, 3.63) is 290 Å². The Hall–Kier alpha value is -9.12. The van der Waals surface area contributed by atoms with Crippen LogP contribution in [0, 0.1) is 0 Å². The molecule has 4 heterocycles. The van der Waals surface area contributed by atoms with Crippen LogP contribution in [0.15, 0.2) is 274 Å². The summed E-state index contributed by atoms with van der Waals surface area (Å²) in [6.45, 7) is 31.3. The molecule has 0 saturated heterocycles. The SMILES string of the molecule is C=C(C)/C=C\C.C=C/C=C\C=C/C.C=CC1=C(C=C)C(C)(C)c2cc(-c3ccc4c(c3)C(C)(C)c3ccccc3N4c3ccc4[nH]c5ccccc5c4c3)ccc2N1c1ccc2c(c1)c1ccccc1n2-c1ccccc1. The van der Waals surface area contributed by atoms with Crippen LogP contribution in [0.1, 0.15) is 65.2 Å². The average Bonchev–Trinajstić information content (AvgIpc) is 4.01. The standard InChI is InChI=1S/C60H48N4.C7H10.C6H10/c1-7-47-53(8-2)63(42-29-33-55-46(37-42)44-21-13-16-24-54(44)62(55)40-18-10-9-11-19-40)57-31-26-38(34-49(57)59(47,3)4)39-27-32-58-50(35-39)60(5,6)48-22-14-17-25-56(48)64(58)41-28-30-52-45(36-41)43-20-12-15-23-51(43)61-52;1-3-5-7-6-4-2;1-4-5-6(2)3/h7-37,61H,1-2H2,3-6H3;3-7H,1H2,2H3;4-5H,2H2,1,3H3/b;6-4-,7-5-;5-4-. The van der Waals surface area contributed by atoms with Gasteiger partial charge in [0, 0.05) is 66.2 Å². The fraction of sp³-hybridized carbons (Fsp3) is 0.123. The van der Waals surface area contributed by atoms with Crippen molar-refractivity contribution in [1.82, 2.24) is 9.55 Å². The first-order valence-corrected chi connectivity index (χ1v) is 26.6. The van der Waals surface area contributed by atoms with Gasteiger partial charge in [-0.25, -0.2) is 0 Å². The summed E-state index contributed by atoms with van der Waals surface area (Å²) < 4.78 is 2.37. The van der Waals surface area contributed by atoms with Crippen molar-refractivity contribution in [2.24, 2.45) is 0 Å². The Morgan fingerprint density at radius 3 is 1.73 bits per heavy atom. The lowest BCUT2D eigenvalue weighted by atomic mass is 9.71. The number of aromatic nitrogens is 2. The van der Waals surface area contributed by atoms with E-state index in [0.29, 0.717) is 0 Å². The number of hydrogen-bond donors (Lipinski definition) is 1. The molecule has 77 heavy (non-hydrogen) atoms. The number of hydrogen-bond acceptors (Lipinski definition) is 2. The van der Waals surface area contributed by atoms with Crippen LogP contribution in [-0.2, 0) is 10.8 Å². The van der Waals surface area contributed by atoms with E-state index in [1.165, 1.54) is 71.8 Å². The predicted octanol–water partition coefficient (Wildman–Crippen LogP) is 20.7. The number of para-hydroxylation sites is 4. The minimum absolute atomic E-state index is 0.243. The number of nitrogens with zero attached hydrogens (tertiary/aromatic N) is 3. The zero-order valence-corrected chi connectivity index (χ0v) is 45.6. The molecule has 0 amide bonds. The highest BCUT2D eigenvalue weighted by atomic mass is 15.2. The molecular formula is C73H68N4. The highest BCUT2D eigenvalue weighted by molar-refractivity contribution is 6.11. The van der Waals surface area contributed by atoms with Gasteiger partial charge in [0.25, 0.3) is 0 Å². The lowest BCUT2D eigenvalue weighted by Crippen LogP contribution is -2.33. The van der Waals surface area contributed by atoms with E-state index in [-0.39, 0.29) is 10.8 Å². The maximum Gasteiger partial charge on any atom is 0.0542 e. The summed E-state index contributed by atoms with van der Waals surface area (Å²) in [5.41, 5.74) is 20.5. The first-order chi connectivity index (χ1) is 37.4. The molecule has 2 aliphatic rings. The topological polar surface area (TPSA) is 27.2 Å². The van der Waals surface area contributed by atoms with Gasteiger partial charge in [-0.2, -0.15) is 0 Å². The molecule has 0 atom stereocenters. The van der Waals surface area contributed by atoms with Gasteiger partial charge in [0.2, 0.25) is 0 Å². The number of benzene rings is 8. The largest absolute Gasteiger partial charge is 0.355 e. The summed E-state index contributed by atoms with van der Waals surface area (Å²) >= 11 is 0. The first-order valence-electron chi connectivity index (χ1n) is 26.6. The second kappa shape index (κ2) is 21.2. The molecule has 0 saturated carbocycles. The Kier molecular flexibility index (Phi) is 14.2. The minimum Gasteiger partial charge on any atom is -0.355 e. The number of H-pyrrole nitrogens is 1. The molecule has 8 aromatic carbocycles. The van der Waals surface area contributed by atoms with E-state index in [9.17, 15) is 0 Å². The van der Waals surface area contributed by atoms with Crippen LogP contribution in [0.3, 0.4) is 0 Å². The normalized spacial score (nSPS) is 14.3. The van der Waals surface area contributed by atoms with Crippen molar-refractivity contribution in [3.8, 4) is 16.8 Å². The zero-order valence-electron chi connectivity index (χ0n) is 45.6. The Balaban J connectivity index is 0.000000463. The minimum atomic E-state index is -0.342. The maximum atomic E-state index is 4.39. The fourth-order valence-corrected chi connectivity index (χ4v) is 11.6.